The molecule has 2 aromatic rings. The van der Waals surface area contributed by atoms with E-state index in [0.29, 0.717) is 5.82 Å². The third kappa shape index (κ3) is 2.19. The van der Waals surface area contributed by atoms with Crippen LogP contribution in [0.2, 0.25) is 0 Å². The van der Waals surface area contributed by atoms with Crippen LogP contribution in [0, 0.1) is 0 Å². The first-order valence-electron chi connectivity index (χ1n) is 4.40. The third-order valence-electron chi connectivity index (χ3n) is 1.82. The van der Waals surface area contributed by atoms with E-state index in [1.165, 1.54) is 13.3 Å². The first-order chi connectivity index (χ1) is 7.25. The van der Waals surface area contributed by atoms with Crippen molar-refractivity contribution in [3.8, 4) is 11.4 Å². The number of aromatic nitrogens is 2. The summed E-state index contributed by atoms with van der Waals surface area (Å²) in [6.07, 6.45) is 1.27. The number of rotatable bonds is 2. The van der Waals surface area contributed by atoms with Crippen LogP contribution in [0.5, 0.6) is 0 Å². The molecule has 76 valence electrons. The number of benzene rings is 1. The van der Waals surface area contributed by atoms with Gasteiger partial charge in [-0.1, -0.05) is 5.16 Å². The maximum Gasteiger partial charge on any atom is 0.221 e. The van der Waals surface area contributed by atoms with Gasteiger partial charge >= 0.3 is 0 Å². The zero-order valence-electron chi connectivity index (χ0n) is 8.10. The van der Waals surface area contributed by atoms with E-state index in [0.717, 1.165) is 11.3 Å². The van der Waals surface area contributed by atoms with Crippen LogP contribution >= 0.6 is 0 Å². The lowest BCUT2D eigenvalue weighted by Crippen LogP contribution is -2.05. The van der Waals surface area contributed by atoms with Crippen LogP contribution in [0.3, 0.4) is 0 Å². The van der Waals surface area contributed by atoms with E-state index in [-0.39, 0.29) is 5.91 Å². The average Bonchev–Trinajstić information content (AvgIpc) is 2.71. The Morgan fingerprint density at radius 1 is 1.33 bits per heavy atom. The van der Waals surface area contributed by atoms with Crippen molar-refractivity contribution in [2.75, 3.05) is 5.32 Å². The van der Waals surface area contributed by atoms with Gasteiger partial charge in [0, 0.05) is 18.2 Å². The fourth-order valence-corrected chi connectivity index (χ4v) is 1.20. The molecule has 0 fully saturated rings. The molecule has 0 spiro atoms. The highest BCUT2D eigenvalue weighted by Crippen LogP contribution is 2.17. The predicted molar refractivity (Wildman–Crippen MR) is 54.0 cm³/mol. The summed E-state index contributed by atoms with van der Waals surface area (Å²) in [5, 5.41) is 6.38. The molecule has 5 heteroatoms. The molecule has 0 aliphatic heterocycles. The summed E-state index contributed by atoms with van der Waals surface area (Å²) in [4.78, 5) is 14.7. The zero-order chi connectivity index (χ0) is 10.7. The molecule has 0 radical (unpaired) electrons. The Hall–Kier alpha value is -2.17. The van der Waals surface area contributed by atoms with Crippen LogP contribution in [0.4, 0.5) is 5.69 Å². The van der Waals surface area contributed by atoms with Gasteiger partial charge in [0.2, 0.25) is 18.1 Å². The summed E-state index contributed by atoms with van der Waals surface area (Å²) >= 11 is 0. The smallest absolute Gasteiger partial charge is 0.221 e. The van der Waals surface area contributed by atoms with Crippen LogP contribution in [0.15, 0.2) is 35.2 Å². The van der Waals surface area contributed by atoms with Crippen molar-refractivity contribution in [1.82, 2.24) is 10.1 Å². The molecule has 0 aliphatic rings. The van der Waals surface area contributed by atoms with Gasteiger partial charge in [-0.3, -0.25) is 4.79 Å². The Bertz CT molecular complexity index is 448. The zero-order valence-corrected chi connectivity index (χ0v) is 8.10. The van der Waals surface area contributed by atoms with Gasteiger partial charge in [-0.05, 0) is 24.3 Å². The van der Waals surface area contributed by atoms with Crippen molar-refractivity contribution in [2.24, 2.45) is 0 Å². The van der Waals surface area contributed by atoms with Crippen LogP contribution in [-0.2, 0) is 4.79 Å². The molecule has 0 unspecified atom stereocenters. The quantitative estimate of drug-likeness (QED) is 0.806. The van der Waals surface area contributed by atoms with Gasteiger partial charge in [-0.2, -0.15) is 4.98 Å². The second-order valence-corrected chi connectivity index (χ2v) is 3.01. The highest BCUT2D eigenvalue weighted by atomic mass is 16.5. The Labute approximate surface area is 86.1 Å². The molecule has 0 aliphatic carbocycles. The van der Waals surface area contributed by atoms with Gasteiger partial charge < -0.3 is 9.84 Å². The Balaban J connectivity index is 2.21. The number of hydrogen-bond donors (Lipinski definition) is 1. The molecule has 0 bridgehead atoms. The van der Waals surface area contributed by atoms with Crippen molar-refractivity contribution in [2.45, 2.75) is 6.92 Å². The topological polar surface area (TPSA) is 68.0 Å². The standard InChI is InChI=1S/C10H9N3O2/c1-7(14)12-9-4-2-8(3-5-9)10-11-6-15-13-10/h2-6H,1H3,(H,12,14). The van der Waals surface area contributed by atoms with Gasteiger partial charge in [-0.25, -0.2) is 0 Å². The summed E-state index contributed by atoms with van der Waals surface area (Å²) in [5.41, 5.74) is 1.59. The van der Waals surface area contributed by atoms with Crippen molar-refractivity contribution in [3.05, 3.63) is 30.7 Å². The van der Waals surface area contributed by atoms with E-state index in [1.54, 1.807) is 12.1 Å². The fourth-order valence-electron chi connectivity index (χ4n) is 1.20. The second kappa shape index (κ2) is 3.91. The lowest BCUT2D eigenvalue weighted by Gasteiger charge is -2.01. The Morgan fingerprint density at radius 2 is 2.07 bits per heavy atom. The van der Waals surface area contributed by atoms with Gasteiger partial charge in [0.1, 0.15) is 0 Å². The molecule has 15 heavy (non-hydrogen) atoms. The molecule has 1 aromatic heterocycles. The van der Waals surface area contributed by atoms with Crippen LogP contribution < -0.4 is 5.32 Å². The van der Waals surface area contributed by atoms with Gasteiger partial charge in [0.15, 0.2) is 0 Å². The lowest BCUT2D eigenvalue weighted by molar-refractivity contribution is -0.114. The minimum Gasteiger partial charge on any atom is -0.342 e. The van der Waals surface area contributed by atoms with Crippen LogP contribution in [0.25, 0.3) is 11.4 Å². The Kier molecular flexibility index (Phi) is 2.45. The minimum absolute atomic E-state index is 0.0951. The molecule has 1 aromatic carbocycles. The lowest BCUT2D eigenvalue weighted by atomic mass is 10.2. The van der Waals surface area contributed by atoms with Crippen LogP contribution in [0.1, 0.15) is 6.92 Å². The maximum absolute atomic E-state index is 10.8. The van der Waals surface area contributed by atoms with Gasteiger partial charge in [0.25, 0.3) is 0 Å². The molecule has 0 saturated carbocycles. The summed E-state index contributed by atoms with van der Waals surface area (Å²) in [6.45, 7) is 1.47. The molecule has 1 amide bonds. The highest BCUT2D eigenvalue weighted by Gasteiger charge is 2.02. The van der Waals surface area contributed by atoms with E-state index < -0.39 is 0 Å². The molecular formula is C10H9N3O2. The monoisotopic (exact) mass is 203 g/mol. The number of hydrogen-bond acceptors (Lipinski definition) is 4. The molecular weight excluding hydrogens is 194 g/mol. The number of nitrogens with one attached hydrogen (secondary N) is 1. The summed E-state index contributed by atoms with van der Waals surface area (Å²) in [7, 11) is 0. The first-order valence-corrected chi connectivity index (χ1v) is 4.40. The van der Waals surface area contributed by atoms with Gasteiger partial charge in [0.05, 0.1) is 0 Å². The number of amides is 1. The second-order valence-electron chi connectivity index (χ2n) is 3.01. The molecule has 0 atom stereocenters. The Morgan fingerprint density at radius 3 is 2.60 bits per heavy atom. The van der Waals surface area contributed by atoms with Crippen molar-refractivity contribution < 1.29 is 9.32 Å². The number of anilines is 1. The average molecular weight is 203 g/mol. The van der Waals surface area contributed by atoms with Crippen molar-refractivity contribution in [3.63, 3.8) is 0 Å². The molecule has 0 saturated heterocycles. The van der Waals surface area contributed by atoms with Crippen LogP contribution in [-0.4, -0.2) is 16.0 Å². The van der Waals surface area contributed by atoms with Crippen molar-refractivity contribution in [1.29, 1.82) is 0 Å². The molecule has 1 heterocycles. The molecule has 5 nitrogen and oxygen atoms in total. The predicted octanol–water partition coefficient (Wildman–Crippen LogP) is 1.69. The minimum atomic E-state index is -0.0951. The highest BCUT2D eigenvalue weighted by molar-refractivity contribution is 5.88. The van der Waals surface area contributed by atoms with Gasteiger partial charge in [-0.15, -0.1) is 0 Å². The SMILES string of the molecule is CC(=O)Nc1ccc(-c2ncon2)cc1. The summed E-state index contributed by atoms with van der Waals surface area (Å²) < 4.78 is 4.63. The van der Waals surface area contributed by atoms with E-state index in [2.05, 4.69) is 20.0 Å². The number of carbonyl (C=O) groups excluding carboxylic acids is 1. The largest absolute Gasteiger partial charge is 0.342 e. The van der Waals surface area contributed by atoms with Crippen molar-refractivity contribution >= 4 is 11.6 Å². The normalized spacial score (nSPS) is 9.93. The third-order valence-corrected chi connectivity index (χ3v) is 1.82. The number of carbonyl (C=O) groups is 1. The van der Waals surface area contributed by atoms with E-state index in [9.17, 15) is 4.79 Å². The van der Waals surface area contributed by atoms with E-state index in [1.807, 2.05) is 12.1 Å². The molecule has 1 N–H and O–H groups in total. The fraction of sp³-hybridized carbons (Fsp3) is 0.100. The molecule has 2 rings (SSSR count). The number of nitrogens with zero attached hydrogens (tertiary/aromatic N) is 2. The van der Waals surface area contributed by atoms with E-state index in [4.69, 9.17) is 0 Å². The summed E-state index contributed by atoms with van der Waals surface area (Å²) in [6, 6.07) is 7.20. The van der Waals surface area contributed by atoms with E-state index >= 15 is 0 Å². The summed E-state index contributed by atoms with van der Waals surface area (Å²) in [5.74, 6) is 0.437. The first kappa shape index (κ1) is 9.39. The maximum atomic E-state index is 10.8.